The summed E-state index contributed by atoms with van der Waals surface area (Å²) in [6.07, 6.45) is 0.910. The normalized spacial score (nSPS) is 20.8. The second kappa shape index (κ2) is 4.87. The maximum absolute atomic E-state index is 12.6. The Balaban J connectivity index is 1.83. The van der Waals surface area contributed by atoms with Crippen LogP contribution in [0.1, 0.15) is 22.3 Å². The number of nitrogens with zero attached hydrogens (tertiary/aromatic N) is 2. The Hall–Kier alpha value is -2.37. The third-order valence-corrected chi connectivity index (χ3v) is 4.18. The number of carbonyl (C=O) groups excluding carboxylic acids is 2. The molecule has 2 aliphatic rings. The minimum Gasteiger partial charge on any atom is -0.478 e. The summed E-state index contributed by atoms with van der Waals surface area (Å²) in [6, 6.07) is 4.82. The number of likely N-dealkylation sites (tertiary alicyclic amines) is 1. The zero-order valence-corrected chi connectivity index (χ0v) is 11.7. The average molecular weight is 288 g/mol. The van der Waals surface area contributed by atoms with Gasteiger partial charge in [-0.3, -0.25) is 9.59 Å². The molecule has 0 radical (unpaired) electrons. The number of rotatable bonds is 2. The Bertz CT molecular complexity index is 641. The van der Waals surface area contributed by atoms with Gasteiger partial charge in [-0.2, -0.15) is 0 Å². The molecule has 1 unspecified atom stereocenters. The predicted molar refractivity (Wildman–Crippen MR) is 75.2 cm³/mol. The molecule has 1 aromatic rings. The summed E-state index contributed by atoms with van der Waals surface area (Å²) in [5, 5.41) is 9.00. The molecule has 0 spiro atoms. The van der Waals surface area contributed by atoms with Gasteiger partial charge < -0.3 is 14.9 Å². The molecule has 2 heterocycles. The van der Waals surface area contributed by atoms with E-state index in [1.54, 1.807) is 29.0 Å². The fourth-order valence-corrected chi connectivity index (χ4v) is 3.01. The van der Waals surface area contributed by atoms with Gasteiger partial charge in [-0.1, -0.05) is 0 Å². The molecule has 110 valence electrons. The van der Waals surface area contributed by atoms with Crippen molar-refractivity contribution in [2.75, 3.05) is 25.0 Å². The highest BCUT2D eigenvalue weighted by Crippen LogP contribution is 2.31. The number of fused-ring (bicyclic) bond motifs is 1. The number of anilines is 1. The molecular formula is C15H16N2O4. The summed E-state index contributed by atoms with van der Waals surface area (Å²) in [6.45, 7) is 1.00. The van der Waals surface area contributed by atoms with Gasteiger partial charge in [-0.05, 0) is 30.2 Å². The molecule has 3 rings (SSSR count). The molecule has 0 saturated carbocycles. The fourth-order valence-electron chi connectivity index (χ4n) is 3.01. The van der Waals surface area contributed by atoms with Crippen molar-refractivity contribution in [3.8, 4) is 0 Å². The molecule has 1 aromatic carbocycles. The summed E-state index contributed by atoms with van der Waals surface area (Å²) < 4.78 is 0. The SMILES string of the molecule is CN1CC(C(=O)N2CCc3cc(C(=O)O)ccc32)CC1=O. The first-order valence-electron chi connectivity index (χ1n) is 6.89. The van der Waals surface area contributed by atoms with Gasteiger partial charge in [-0.25, -0.2) is 4.79 Å². The number of aromatic carboxylic acids is 1. The van der Waals surface area contributed by atoms with Crippen molar-refractivity contribution in [2.45, 2.75) is 12.8 Å². The Morgan fingerprint density at radius 1 is 1.33 bits per heavy atom. The molecule has 0 bridgehead atoms. The van der Waals surface area contributed by atoms with E-state index in [1.165, 1.54) is 6.07 Å². The van der Waals surface area contributed by atoms with Crippen molar-refractivity contribution >= 4 is 23.5 Å². The number of carboxylic acid groups (broad SMARTS) is 1. The second-order valence-electron chi connectivity index (χ2n) is 5.56. The predicted octanol–water partition coefficient (Wildman–Crippen LogP) is 0.752. The maximum Gasteiger partial charge on any atom is 0.335 e. The lowest BCUT2D eigenvalue weighted by molar-refractivity contribution is -0.127. The van der Waals surface area contributed by atoms with Gasteiger partial charge in [0.15, 0.2) is 0 Å². The van der Waals surface area contributed by atoms with Gasteiger partial charge >= 0.3 is 5.97 Å². The van der Waals surface area contributed by atoms with E-state index in [1.807, 2.05) is 0 Å². The van der Waals surface area contributed by atoms with E-state index in [0.29, 0.717) is 19.5 Å². The van der Waals surface area contributed by atoms with Gasteiger partial charge in [0.05, 0.1) is 11.5 Å². The van der Waals surface area contributed by atoms with Crippen LogP contribution in [0, 0.1) is 5.92 Å². The highest BCUT2D eigenvalue weighted by Gasteiger charge is 2.37. The number of hydrogen-bond donors (Lipinski definition) is 1. The van der Waals surface area contributed by atoms with Gasteiger partial charge in [-0.15, -0.1) is 0 Å². The maximum atomic E-state index is 12.6. The molecule has 21 heavy (non-hydrogen) atoms. The van der Waals surface area contributed by atoms with E-state index in [4.69, 9.17) is 5.11 Å². The van der Waals surface area contributed by atoms with Crippen LogP contribution in [0.2, 0.25) is 0 Å². The van der Waals surface area contributed by atoms with Crippen LogP contribution < -0.4 is 4.90 Å². The van der Waals surface area contributed by atoms with Crippen molar-refractivity contribution < 1.29 is 19.5 Å². The molecule has 0 aromatic heterocycles. The quantitative estimate of drug-likeness (QED) is 0.871. The van der Waals surface area contributed by atoms with Gasteiger partial charge in [0, 0.05) is 32.2 Å². The van der Waals surface area contributed by atoms with Crippen molar-refractivity contribution in [1.29, 1.82) is 0 Å². The highest BCUT2D eigenvalue weighted by atomic mass is 16.4. The van der Waals surface area contributed by atoms with Crippen LogP contribution in [0.15, 0.2) is 18.2 Å². The van der Waals surface area contributed by atoms with Crippen molar-refractivity contribution in [1.82, 2.24) is 4.90 Å². The molecule has 1 fully saturated rings. The summed E-state index contributed by atoms with van der Waals surface area (Å²) in [4.78, 5) is 38.3. The van der Waals surface area contributed by atoms with Crippen molar-refractivity contribution in [2.24, 2.45) is 5.92 Å². The van der Waals surface area contributed by atoms with E-state index in [9.17, 15) is 14.4 Å². The summed E-state index contributed by atoms with van der Waals surface area (Å²) in [7, 11) is 1.70. The van der Waals surface area contributed by atoms with Crippen LogP contribution in [-0.4, -0.2) is 47.9 Å². The third-order valence-electron chi connectivity index (χ3n) is 4.18. The lowest BCUT2D eigenvalue weighted by Gasteiger charge is -2.21. The van der Waals surface area contributed by atoms with E-state index in [-0.39, 0.29) is 29.7 Å². The Kier molecular flexibility index (Phi) is 3.16. The largest absolute Gasteiger partial charge is 0.478 e. The van der Waals surface area contributed by atoms with Crippen LogP contribution in [0.5, 0.6) is 0 Å². The van der Waals surface area contributed by atoms with Crippen molar-refractivity contribution in [3.63, 3.8) is 0 Å². The number of benzene rings is 1. The smallest absolute Gasteiger partial charge is 0.335 e. The molecule has 0 aliphatic carbocycles. The zero-order chi connectivity index (χ0) is 15.1. The van der Waals surface area contributed by atoms with E-state index < -0.39 is 5.97 Å². The molecule has 2 aliphatic heterocycles. The van der Waals surface area contributed by atoms with E-state index in [2.05, 4.69) is 0 Å². The number of amides is 2. The van der Waals surface area contributed by atoms with Crippen molar-refractivity contribution in [3.05, 3.63) is 29.3 Å². The summed E-state index contributed by atoms with van der Waals surface area (Å²) in [5.41, 5.74) is 1.88. The first kappa shape index (κ1) is 13.6. The summed E-state index contributed by atoms with van der Waals surface area (Å²) in [5.74, 6) is -1.32. The third kappa shape index (κ3) is 2.26. The lowest BCUT2D eigenvalue weighted by atomic mass is 10.1. The number of carbonyl (C=O) groups is 3. The lowest BCUT2D eigenvalue weighted by Crippen LogP contribution is -2.36. The standard InChI is InChI=1S/C15H16N2O4/c1-16-8-11(7-13(16)18)14(19)17-5-4-9-6-10(15(20)21)2-3-12(9)17/h2-3,6,11H,4-5,7-8H2,1H3,(H,20,21). The second-order valence-corrected chi connectivity index (χ2v) is 5.56. The summed E-state index contributed by atoms with van der Waals surface area (Å²) >= 11 is 0. The van der Waals surface area contributed by atoms with Gasteiger partial charge in [0.1, 0.15) is 0 Å². The van der Waals surface area contributed by atoms with Crippen LogP contribution in [0.4, 0.5) is 5.69 Å². The topological polar surface area (TPSA) is 77.9 Å². The first-order valence-corrected chi connectivity index (χ1v) is 6.89. The number of hydrogen-bond acceptors (Lipinski definition) is 3. The fraction of sp³-hybridized carbons (Fsp3) is 0.400. The average Bonchev–Trinajstić information content (AvgIpc) is 3.01. The molecular weight excluding hydrogens is 272 g/mol. The molecule has 2 amide bonds. The minimum atomic E-state index is -0.967. The molecule has 1 saturated heterocycles. The first-order chi connectivity index (χ1) is 9.97. The van der Waals surface area contributed by atoms with Crippen LogP contribution >= 0.6 is 0 Å². The molecule has 1 atom stereocenters. The molecule has 6 nitrogen and oxygen atoms in total. The van der Waals surface area contributed by atoms with Gasteiger partial charge in [0.2, 0.25) is 11.8 Å². The van der Waals surface area contributed by atoms with Gasteiger partial charge in [0.25, 0.3) is 0 Å². The van der Waals surface area contributed by atoms with E-state index >= 15 is 0 Å². The number of carboxylic acids is 1. The van der Waals surface area contributed by atoms with Crippen LogP contribution in [0.25, 0.3) is 0 Å². The van der Waals surface area contributed by atoms with Crippen LogP contribution in [-0.2, 0) is 16.0 Å². The molecule has 1 N–H and O–H groups in total. The Labute approximate surface area is 122 Å². The van der Waals surface area contributed by atoms with Crippen LogP contribution in [0.3, 0.4) is 0 Å². The Morgan fingerprint density at radius 3 is 2.71 bits per heavy atom. The minimum absolute atomic E-state index is 0.00556. The highest BCUT2D eigenvalue weighted by molar-refractivity contribution is 6.01. The monoisotopic (exact) mass is 288 g/mol. The van der Waals surface area contributed by atoms with E-state index in [0.717, 1.165) is 11.3 Å². The zero-order valence-electron chi connectivity index (χ0n) is 11.7. The molecule has 6 heteroatoms. The Morgan fingerprint density at radius 2 is 2.10 bits per heavy atom.